The van der Waals surface area contributed by atoms with Crippen molar-refractivity contribution in [2.24, 2.45) is 0 Å². The van der Waals surface area contributed by atoms with Crippen molar-refractivity contribution in [3.63, 3.8) is 0 Å². The van der Waals surface area contributed by atoms with Gasteiger partial charge in [-0.1, -0.05) is 12.1 Å². The van der Waals surface area contributed by atoms with Crippen LogP contribution in [-0.4, -0.2) is 71.7 Å². The Morgan fingerprint density at radius 1 is 1.03 bits per heavy atom. The maximum Gasteiger partial charge on any atom is 0.246 e. The van der Waals surface area contributed by atoms with Gasteiger partial charge in [0.2, 0.25) is 15.9 Å². The van der Waals surface area contributed by atoms with Crippen LogP contribution in [0.2, 0.25) is 0 Å². The molecule has 2 heterocycles. The van der Waals surface area contributed by atoms with Gasteiger partial charge >= 0.3 is 0 Å². The Labute approximate surface area is 201 Å². The number of nitrogens with one attached hydrogen (secondary N) is 2. The van der Waals surface area contributed by atoms with E-state index in [0.717, 1.165) is 24.5 Å². The van der Waals surface area contributed by atoms with Crippen LogP contribution < -0.4 is 20.3 Å². The van der Waals surface area contributed by atoms with Gasteiger partial charge in [0.25, 0.3) is 0 Å². The van der Waals surface area contributed by atoms with Crippen molar-refractivity contribution in [1.82, 2.24) is 4.31 Å². The lowest BCUT2D eigenvalue weighted by molar-refractivity contribution is -0.114. The highest BCUT2D eigenvalue weighted by Gasteiger charge is 2.29. The number of hydrogen-bond acceptors (Lipinski definition) is 7. The first-order chi connectivity index (χ1) is 16.5. The van der Waals surface area contributed by atoms with Gasteiger partial charge in [-0.25, -0.2) is 8.42 Å². The minimum absolute atomic E-state index is 0.0260. The molecule has 0 spiro atoms. The predicted octanol–water partition coefficient (Wildman–Crippen LogP) is 2.76. The lowest BCUT2D eigenvalue weighted by Gasteiger charge is -2.30. The second kappa shape index (κ2) is 11.1. The van der Waals surface area contributed by atoms with Gasteiger partial charge in [-0.15, -0.1) is 0 Å². The van der Waals surface area contributed by atoms with Crippen molar-refractivity contribution in [2.45, 2.75) is 24.2 Å². The summed E-state index contributed by atoms with van der Waals surface area (Å²) in [7, 11) is -2.35. The summed E-state index contributed by atoms with van der Waals surface area (Å²) in [4.78, 5) is 15.1. The molecule has 4 rings (SSSR count). The van der Waals surface area contributed by atoms with Gasteiger partial charge in [0.05, 0.1) is 38.2 Å². The Balaban J connectivity index is 1.44. The number of morpholine rings is 1. The topological polar surface area (TPSA) is 100 Å². The molecule has 2 aliphatic heterocycles. The molecule has 0 unspecified atom stereocenters. The highest BCUT2D eigenvalue weighted by atomic mass is 32.2. The molecule has 2 saturated heterocycles. The summed E-state index contributed by atoms with van der Waals surface area (Å²) in [6.45, 7) is 3.34. The highest BCUT2D eigenvalue weighted by Crippen LogP contribution is 2.31. The van der Waals surface area contributed by atoms with E-state index in [1.54, 1.807) is 12.1 Å². The molecule has 9 nitrogen and oxygen atoms in total. The first-order valence-corrected chi connectivity index (χ1v) is 13.1. The molecular formula is C24H32N4O5S. The number of sulfonamides is 1. The van der Waals surface area contributed by atoms with Crippen molar-refractivity contribution in [3.05, 3.63) is 42.5 Å². The second-order valence-corrected chi connectivity index (χ2v) is 10.3. The molecule has 10 heteroatoms. The first-order valence-electron chi connectivity index (χ1n) is 11.6. The van der Waals surface area contributed by atoms with Gasteiger partial charge in [0, 0.05) is 31.9 Å². The molecule has 2 aliphatic rings. The fourth-order valence-corrected chi connectivity index (χ4v) is 5.89. The number of amides is 1. The van der Waals surface area contributed by atoms with Gasteiger partial charge in [-0.05, 0) is 49.6 Å². The van der Waals surface area contributed by atoms with Crippen molar-refractivity contribution in [1.29, 1.82) is 0 Å². The van der Waals surface area contributed by atoms with E-state index in [9.17, 15) is 13.2 Å². The first kappa shape index (κ1) is 24.3. The van der Waals surface area contributed by atoms with E-state index in [1.165, 1.54) is 36.7 Å². The largest absolute Gasteiger partial charge is 0.495 e. The zero-order valence-electron chi connectivity index (χ0n) is 19.5. The number of rotatable bonds is 8. The molecule has 2 aromatic carbocycles. The normalized spacial score (nSPS) is 17.3. The Kier molecular flexibility index (Phi) is 7.91. The number of carbonyl (C=O) groups excluding carboxylic acids is 1. The van der Waals surface area contributed by atoms with E-state index >= 15 is 0 Å². The number of hydrogen-bond donors (Lipinski definition) is 2. The number of nitrogens with zero attached hydrogens (tertiary/aromatic N) is 2. The van der Waals surface area contributed by atoms with E-state index in [2.05, 4.69) is 21.6 Å². The molecule has 1 amide bonds. The molecule has 2 aromatic rings. The van der Waals surface area contributed by atoms with Gasteiger partial charge in [0.1, 0.15) is 10.6 Å². The van der Waals surface area contributed by atoms with Crippen LogP contribution in [-0.2, 0) is 19.6 Å². The van der Waals surface area contributed by atoms with Crippen molar-refractivity contribution in [3.8, 4) is 5.75 Å². The van der Waals surface area contributed by atoms with Gasteiger partial charge in [-0.2, -0.15) is 4.31 Å². The van der Waals surface area contributed by atoms with Crippen LogP contribution in [0.15, 0.2) is 47.4 Å². The molecular weight excluding hydrogens is 456 g/mol. The summed E-state index contributed by atoms with van der Waals surface area (Å²) in [5.41, 5.74) is 2.40. The molecule has 34 heavy (non-hydrogen) atoms. The highest BCUT2D eigenvalue weighted by molar-refractivity contribution is 7.89. The Bertz CT molecular complexity index is 1100. The van der Waals surface area contributed by atoms with Gasteiger partial charge in [0.15, 0.2) is 0 Å². The second-order valence-electron chi connectivity index (χ2n) is 8.35. The average molecular weight is 489 g/mol. The van der Waals surface area contributed by atoms with E-state index in [-0.39, 0.29) is 36.2 Å². The monoisotopic (exact) mass is 488 g/mol. The van der Waals surface area contributed by atoms with Crippen LogP contribution in [0, 0.1) is 0 Å². The fourth-order valence-electron chi connectivity index (χ4n) is 4.30. The third-order valence-corrected chi connectivity index (χ3v) is 8.00. The molecule has 0 atom stereocenters. The van der Waals surface area contributed by atoms with Crippen LogP contribution in [0.25, 0.3) is 0 Å². The third kappa shape index (κ3) is 5.63. The van der Waals surface area contributed by atoms with Crippen molar-refractivity contribution < 1.29 is 22.7 Å². The van der Waals surface area contributed by atoms with E-state index < -0.39 is 10.0 Å². The molecule has 2 fully saturated rings. The minimum atomic E-state index is -3.78. The summed E-state index contributed by atoms with van der Waals surface area (Å²) in [6, 6.07) is 12.6. The zero-order valence-corrected chi connectivity index (χ0v) is 20.3. The summed E-state index contributed by atoms with van der Waals surface area (Å²) in [5.74, 6) is -0.0357. The Morgan fingerprint density at radius 3 is 2.50 bits per heavy atom. The fraction of sp³-hybridized carbons (Fsp3) is 0.458. The van der Waals surface area contributed by atoms with Gasteiger partial charge in [-0.3, -0.25) is 4.79 Å². The number of methoxy groups -OCH3 is 1. The number of piperidine rings is 1. The van der Waals surface area contributed by atoms with Crippen molar-refractivity contribution in [2.75, 3.05) is 68.6 Å². The Hall–Kier alpha value is -2.82. The zero-order chi connectivity index (χ0) is 24.0. The van der Waals surface area contributed by atoms with E-state index in [0.29, 0.717) is 18.9 Å². The van der Waals surface area contributed by atoms with E-state index in [4.69, 9.17) is 9.47 Å². The summed E-state index contributed by atoms with van der Waals surface area (Å²) in [5, 5.41) is 6.03. The van der Waals surface area contributed by atoms with Crippen LogP contribution in [0.1, 0.15) is 19.3 Å². The molecule has 0 aliphatic carbocycles. The van der Waals surface area contributed by atoms with Gasteiger partial charge < -0.3 is 25.0 Å². The number of benzene rings is 2. The maximum atomic E-state index is 13.2. The molecule has 0 aromatic heterocycles. The SMILES string of the molecule is COc1ccc(NC(=O)CNc2ccccc2N2CCCCC2)cc1S(=O)(=O)N1CCOCC1. The number of ether oxygens (including phenoxy) is 2. The third-order valence-electron chi connectivity index (χ3n) is 6.08. The summed E-state index contributed by atoms with van der Waals surface area (Å²) >= 11 is 0. The average Bonchev–Trinajstić information content (AvgIpc) is 2.88. The molecule has 184 valence electrons. The van der Waals surface area contributed by atoms with E-state index in [1.807, 2.05) is 18.2 Å². The quantitative estimate of drug-likeness (QED) is 0.589. The molecule has 0 saturated carbocycles. The van der Waals surface area contributed by atoms with Crippen LogP contribution in [0.4, 0.5) is 17.1 Å². The smallest absolute Gasteiger partial charge is 0.246 e. The Morgan fingerprint density at radius 2 is 1.76 bits per heavy atom. The van der Waals surface area contributed by atoms with Crippen LogP contribution in [0.3, 0.4) is 0 Å². The molecule has 0 radical (unpaired) electrons. The number of para-hydroxylation sites is 2. The summed E-state index contributed by atoms with van der Waals surface area (Å²) < 4.78 is 38.3. The number of anilines is 3. The van der Waals surface area contributed by atoms with Crippen molar-refractivity contribution >= 4 is 33.0 Å². The summed E-state index contributed by atoms with van der Waals surface area (Å²) in [6.07, 6.45) is 3.59. The standard InChI is InChI=1S/C24H32N4O5S/c1-32-22-10-9-19(17-23(22)34(30,31)28-13-15-33-16-14-28)26-24(29)18-25-20-7-3-4-8-21(20)27-11-5-2-6-12-27/h3-4,7-10,17,25H,2,5-6,11-16,18H2,1H3,(H,26,29). The molecule has 0 bridgehead atoms. The maximum absolute atomic E-state index is 13.2. The lowest BCUT2D eigenvalue weighted by atomic mass is 10.1. The minimum Gasteiger partial charge on any atom is -0.495 e. The van der Waals surface area contributed by atoms with Crippen LogP contribution in [0.5, 0.6) is 5.75 Å². The molecule has 2 N–H and O–H groups in total. The number of carbonyl (C=O) groups is 1. The lowest BCUT2D eigenvalue weighted by Crippen LogP contribution is -2.40. The predicted molar refractivity (Wildman–Crippen MR) is 132 cm³/mol. The van der Waals surface area contributed by atoms with Crippen LogP contribution >= 0.6 is 0 Å².